The minimum atomic E-state index is -0.437. The van der Waals surface area contributed by atoms with Gasteiger partial charge in [0.2, 0.25) is 0 Å². The number of halogens is 1. The summed E-state index contributed by atoms with van der Waals surface area (Å²) >= 11 is 5.92. The molecule has 0 aliphatic heterocycles. The molecule has 0 fully saturated rings. The maximum Gasteiger partial charge on any atom is 0.276 e. The molecular formula is C14H15ClN4O2. The van der Waals surface area contributed by atoms with Gasteiger partial charge >= 0.3 is 0 Å². The van der Waals surface area contributed by atoms with E-state index in [9.17, 15) is 10.1 Å². The first-order valence-corrected chi connectivity index (χ1v) is 6.85. The van der Waals surface area contributed by atoms with Crippen LogP contribution in [-0.2, 0) is 6.54 Å². The van der Waals surface area contributed by atoms with Crippen LogP contribution in [0.2, 0.25) is 5.02 Å². The molecular weight excluding hydrogens is 292 g/mol. The third-order valence-electron chi connectivity index (χ3n) is 2.74. The Morgan fingerprint density at radius 2 is 1.95 bits per heavy atom. The van der Waals surface area contributed by atoms with E-state index in [1.807, 2.05) is 25.1 Å². The van der Waals surface area contributed by atoms with Gasteiger partial charge in [0, 0.05) is 18.1 Å². The zero-order valence-corrected chi connectivity index (χ0v) is 12.2. The normalized spacial score (nSPS) is 10.2. The van der Waals surface area contributed by atoms with E-state index in [0.717, 1.165) is 5.56 Å². The van der Waals surface area contributed by atoms with Crippen molar-refractivity contribution in [2.24, 2.45) is 0 Å². The molecule has 6 nitrogen and oxygen atoms in total. The first-order chi connectivity index (χ1) is 10.1. The Morgan fingerprint density at radius 3 is 2.57 bits per heavy atom. The van der Waals surface area contributed by atoms with Crippen LogP contribution >= 0.6 is 11.6 Å². The van der Waals surface area contributed by atoms with Gasteiger partial charge in [-0.05, 0) is 24.6 Å². The highest BCUT2D eigenvalue weighted by Gasteiger charge is 2.10. The zero-order valence-electron chi connectivity index (χ0n) is 11.5. The Morgan fingerprint density at radius 1 is 1.24 bits per heavy atom. The van der Waals surface area contributed by atoms with Gasteiger partial charge in [-0.2, -0.15) is 0 Å². The number of nitrogens with zero attached hydrogens (tertiary/aromatic N) is 2. The van der Waals surface area contributed by atoms with Crippen molar-refractivity contribution in [2.45, 2.75) is 13.5 Å². The smallest absolute Gasteiger partial charge is 0.276 e. The average molecular weight is 307 g/mol. The fraction of sp³-hybridized carbons (Fsp3) is 0.214. The van der Waals surface area contributed by atoms with Crippen LogP contribution in [0.4, 0.5) is 17.3 Å². The van der Waals surface area contributed by atoms with E-state index in [4.69, 9.17) is 11.6 Å². The summed E-state index contributed by atoms with van der Waals surface area (Å²) in [6.07, 6.45) is 0. The van der Waals surface area contributed by atoms with Crippen LogP contribution in [0.3, 0.4) is 0 Å². The van der Waals surface area contributed by atoms with Crippen LogP contribution < -0.4 is 10.6 Å². The molecule has 0 aliphatic carbocycles. The summed E-state index contributed by atoms with van der Waals surface area (Å²) in [5.74, 6) is 0.917. The lowest BCUT2D eigenvalue weighted by molar-refractivity contribution is -0.384. The van der Waals surface area contributed by atoms with Crippen molar-refractivity contribution in [3.63, 3.8) is 0 Å². The van der Waals surface area contributed by atoms with Crippen molar-refractivity contribution in [2.75, 3.05) is 17.2 Å². The number of benzene rings is 1. The van der Waals surface area contributed by atoms with Gasteiger partial charge in [-0.3, -0.25) is 10.1 Å². The van der Waals surface area contributed by atoms with Crippen molar-refractivity contribution in [3.05, 3.63) is 57.1 Å². The number of anilines is 2. The molecule has 2 rings (SSSR count). The first-order valence-electron chi connectivity index (χ1n) is 6.47. The second-order valence-corrected chi connectivity index (χ2v) is 4.80. The molecule has 1 aromatic carbocycles. The van der Waals surface area contributed by atoms with E-state index in [1.165, 1.54) is 12.1 Å². The molecule has 0 aliphatic rings. The van der Waals surface area contributed by atoms with Gasteiger partial charge in [-0.15, -0.1) is 0 Å². The molecule has 0 spiro atoms. The maximum absolute atomic E-state index is 10.9. The van der Waals surface area contributed by atoms with E-state index < -0.39 is 4.92 Å². The summed E-state index contributed by atoms with van der Waals surface area (Å²) in [5, 5.41) is 17.6. The number of nitrogens with one attached hydrogen (secondary N) is 2. The van der Waals surface area contributed by atoms with Gasteiger partial charge < -0.3 is 10.6 Å². The fourth-order valence-corrected chi connectivity index (χ4v) is 2.04. The van der Waals surface area contributed by atoms with Crippen LogP contribution in [0, 0.1) is 10.1 Å². The molecule has 7 heteroatoms. The predicted molar refractivity (Wildman–Crippen MR) is 83.8 cm³/mol. The molecule has 110 valence electrons. The number of rotatable bonds is 6. The summed E-state index contributed by atoms with van der Waals surface area (Å²) in [4.78, 5) is 14.8. The maximum atomic E-state index is 10.9. The van der Waals surface area contributed by atoms with Crippen LogP contribution in [0.15, 0.2) is 36.4 Å². The van der Waals surface area contributed by atoms with Crippen molar-refractivity contribution in [3.8, 4) is 0 Å². The molecule has 0 saturated heterocycles. The number of hydrogen-bond donors (Lipinski definition) is 2. The van der Waals surface area contributed by atoms with Crippen LogP contribution in [-0.4, -0.2) is 16.5 Å². The van der Waals surface area contributed by atoms with Gasteiger partial charge in [0.15, 0.2) is 0 Å². The Balaban J connectivity index is 2.16. The second-order valence-electron chi connectivity index (χ2n) is 4.37. The lowest BCUT2D eigenvalue weighted by atomic mass is 10.2. The van der Waals surface area contributed by atoms with Crippen LogP contribution in [0.1, 0.15) is 12.5 Å². The molecule has 0 radical (unpaired) electrons. The highest BCUT2D eigenvalue weighted by molar-refractivity contribution is 6.30. The Kier molecular flexibility index (Phi) is 4.94. The monoisotopic (exact) mass is 306 g/mol. The molecule has 2 aromatic rings. The van der Waals surface area contributed by atoms with E-state index in [-0.39, 0.29) is 5.69 Å². The van der Waals surface area contributed by atoms with E-state index in [1.54, 1.807) is 6.07 Å². The minimum absolute atomic E-state index is 0.00505. The average Bonchev–Trinajstić information content (AvgIpc) is 2.45. The Hall–Kier alpha value is -2.34. The second kappa shape index (κ2) is 6.90. The molecule has 0 atom stereocenters. The molecule has 0 bridgehead atoms. The summed E-state index contributed by atoms with van der Waals surface area (Å²) < 4.78 is 0. The SMILES string of the molecule is CCNc1cc([N+](=O)[O-])cc(NCc2cccc(Cl)c2)n1. The highest BCUT2D eigenvalue weighted by Crippen LogP contribution is 2.21. The summed E-state index contributed by atoms with van der Waals surface area (Å²) in [7, 11) is 0. The Bertz CT molecular complexity index is 649. The standard InChI is InChI=1S/C14H15ClN4O2/c1-2-16-13-7-12(19(20)21)8-14(18-13)17-9-10-4-3-5-11(15)6-10/h3-8H,2,9H2,1H3,(H2,16,17,18). The van der Waals surface area contributed by atoms with Crippen molar-refractivity contribution < 1.29 is 4.92 Å². The van der Waals surface area contributed by atoms with Gasteiger partial charge in [-0.1, -0.05) is 23.7 Å². The van der Waals surface area contributed by atoms with Crippen molar-refractivity contribution >= 4 is 28.9 Å². The van der Waals surface area contributed by atoms with Crippen molar-refractivity contribution in [1.82, 2.24) is 4.98 Å². The van der Waals surface area contributed by atoms with Gasteiger partial charge in [0.25, 0.3) is 5.69 Å². The zero-order chi connectivity index (χ0) is 15.2. The topological polar surface area (TPSA) is 80.1 Å². The van der Waals surface area contributed by atoms with E-state index in [0.29, 0.717) is 29.7 Å². The summed E-state index contributed by atoms with van der Waals surface area (Å²) in [5.41, 5.74) is 0.968. The molecule has 1 aromatic heterocycles. The lowest BCUT2D eigenvalue weighted by Gasteiger charge is -2.09. The number of pyridine rings is 1. The molecule has 21 heavy (non-hydrogen) atoms. The lowest BCUT2D eigenvalue weighted by Crippen LogP contribution is -2.06. The summed E-state index contributed by atoms with van der Waals surface area (Å²) in [6, 6.07) is 10.2. The third-order valence-corrected chi connectivity index (χ3v) is 2.98. The van der Waals surface area contributed by atoms with Gasteiger partial charge in [-0.25, -0.2) is 4.98 Å². The molecule has 0 amide bonds. The predicted octanol–water partition coefficient (Wildman–Crippen LogP) is 3.69. The molecule has 2 N–H and O–H groups in total. The number of hydrogen-bond acceptors (Lipinski definition) is 5. The van der Waals surface area contributed by atoms with Crippen LogP contribution in [0.5, 0.6) is 0 Å². The third kappa shape index (κ3) is 4.32. The minimum Gasteiger partial charge on any atom is -0.370 e. The first kappa shape index (κ1) is 15.1. The highest BCUT2D eigenvalue weighted by atomic mass is 35.5. The number of nitro groups is 1. The van der Waals surface area contributed by atoms with Gasteiger partial charge in [0.05, 0.1) is 17.1 Å². The van der Waals surface area contributed by atoms with E-state index >= 15 is 0 Å². The Labute approximate surface area is 127 Å². The summed E-state index contributed by atoms with van der Waals surface area (Å²) in [6.45, 7) is 3.03. The van der Waals surface area contributed by atoms with Crippen LogP contribution in [0.25, 0.3) is 0 Å². The molecule has 0 saturated carbocycles. The fourth-order valence-electron chi connectivity index (χ4n) is 1.82. The molecule has 1 heterocycles. The van der Waals surface area contributed by atoms with Crippen molar-refractivity contribution in [1.29, 1.82) is 0 Å². The largest absolute Gasteiger partial charge is 0.370 e. The quantitative estimate of drug-likeness (QED) is 0.628. The molecule has 0 unspecified atom stereocenters. The number of aromatic nitrogens is 1. The van der Waals surface area contributed by atoms with Gasteiger partial charge in [0.1, 0.15) is 11.6 Å². The van der Waals surface area contributed by atoms with E-state index in [2.05, 4.69) is 15.6 Å².